The Hall–Kier alpha value is -0.630. The van der Waals surface area contributed by atoms with Crippen LogP contribution in [0.4, 0.5) is 0 Å². The Morgan fingerprint density at radius 3 is 2.69 bits per heavy atom. The summed E-state index contributed by atoms with van der Waals surface area (Å²) in [5.41, 5.74) is 0. The van der Waals surface area contributed by atoms with E-state index in [1.54, 1.807) is 6.08 Å². The van der Waals surface area contributed by atoms with Gasteiger partial charge in [0.2, 0.25) is 0 Å². The topological polar surface area (TPSA) is 37.3 Å². The summed E-state index contributed by atoms with van der Waals surface area (Å²) in [4.78, 5) is 9.94. The van der Waals surface area contributed by atoms with E-state index in [1.807, 2.05) is 0 Å². The van der Waals surface area contributed by atoms with Crippen molar-refractivity contribution in [2.45, 2.75) is 45.6 Å². The fourth-order valence-corrected chi connectivity index (χ4v) is 1.46. The number of carbonyl (C=O) groups excluding carboxylic acids is 1. The second-order valence-corrected chi connectivity index (χ2v) is 3.58. The van der Waals surface area contributed by atoms with E-state index in [9.17, 15) is 9.90 Å². The standard InChI is InChI=1S/C11H20O2/c1-3-6-10(2)9-11(13)7-4-5-8-12/h4-5,8,10-11,13H,3,6-7,9H2,1-2H3/b5-4+. The van der Waals surface area contributed by atoms with Gasteiger partial charge in [-0.05, 0) is 24.8 Å². The van der Waals surface area contributed by atoms with Crippen molar-refractivity contribution in [1.29, 1.82) is 0 Å². The van der Waals surface area contributed by atoms with Crippen LogP contribution in [0.2, 0.25) is 0 Å². The van der Waals surface area contributed by atoms with Gasteiger partial charge in [0.25, 0.3) is 0 Å². The number of hydrogen-bond acceptors (Lipinski definition) is 2. The molecule has 2 atom stereocenters. The zero-order chi connectivity index (χ0) is 10.1. The Labute approximate surface area is 80.7 Å². The fraction of sp³-hybridized carbons (Fsp3) is 0.727. The van der Waals surface area contributed by atoms with E-state index in [4.69, 9.17) is 0 Å². The van der Waals surface area contributed by atoms with E-state index in [2.05, 4.69) is 13.8 Å². The summed E-state index contributed by atoms with van der Waals surface area (Å²) in [7, 11) is 0. The van der Waals surface area contributed by atoms with Crippen LogP contribution in [0, 0.1) is 5.92 Å². The van der Waals surface area contributed by atoms with Crippen LogP contribution in [0.25, 0.3) is 0 Å². The molecule has 0 aliphatic rings. The second kappa shape index (κ2) is 7.99. The van der Waals surface area contributed by atoms with Crippen molar-refractivity contribution in [2.75, 3.05) is 0 Å². The molecular formula is C11H20O2. The van der Waals surface area contributed by atoms with Gasteiger partial charge in [-0.25, -0.2) is 0 Å². The molecule has 0 aromatic carbocycles. The van der Waals surface area contributed by atoms with Crippen LogP contribution in [-0.2, 0) is 4.79 Å². The van der Waals surface area contributed by atoms with Gasteiger partial charge in [0, 0.05) is 0 Å². The average molecular weight is 184 g/mol. The molecule has 0 radical (unpaired) electrons. The third-order valence-corrected chi connectivity index (χ3v) is 2.08. The van der Waals surface area contributed by atoms with Crippen molar-refractivity contribution < 1.29 is 9.90 Å². The maximum atomic E-state index is 9.94. The third kappa shape index (κ3) is 7.72. The zero-order valence-corrected chi connectivity index (χ0v) is 8.57. The summed E-state index contributed by atoms with van der Waals surface area (Å²) in [6.07, 6.45) is 7.35. The molecule has 0 fully saturated rings. The van der Waals surface area contributed by atoms with Gasteiger partial charge < -0.3 is 5.11 Å². The first-order chi connectivity index (χ1) is 6.20. The average Bonchev–Trinajstić information content (AvgIpc) is 2.05. The monoisotopic (exact) mass is 184 g/mol. The molecule has 0 saturated heterocycles. The maximum absolute atomic E-state index is 9.94. The summed E-state index contributed by atoms with van der Waals surface area (Å²) in [5, 5.41) is 9.51. The molecule has 0 aromatic rings. The highest BCUT2D eigenvalue weighted by atomic mass is 16.3. The molecule has 0 aliphatic carbocycles. The zero-order valence-electron chi connectivity index (χ0n) is 8.57. The molecule has 0 rings (SSSR count). The summed E-state index contributed by atoms with van der Waals surface area (Å²) < 4.78 is 0. The van der Waals surface area contributed by atoms with E-state index >= 15 is 0 Å². The van der Waals surface area contributed by atoms with Gasteiger partial charge >= 0.3 is 0 Å². The molecule has 0 amide bonds. The lowest BCUT2D eigenvalue weighted by Gasteiger charge is -2.13. The van der Waals surface area contributed by atoms with Crippen molar-refractivity contribution >= 4 is 6.29 Å². The first-order valence-corrected chi connectivity index (χ1v) is 4.99. The van der Waals surface area contributed by atoms with E-state index in [-0.39, 0.29) is 6.10 Å². The molecule has 0 bridgehead atoms. The largest absolute Gasteiger partial charge is 0.393 e. The predicted molar refractivity (Wildman–Crippen MR) is 54.5 cm³/mol. The highest BCUT2D eigenvalue weighted by molar-refractivity contribution is 5.64. The molecule has 0 aliphatic heterocycles. The van der Waals surface area contributed by atoms with Gasteiger partial charge in [-0.15, -0.1) is 0 Å². The van der Waals surface area contributed by atoms with Crippen LogP contribution in [0.15, 0.2) is 12.2 Å². The molecule has 0 aromatic heterocycles. The van der Waals surface area contributed by atoms with E-state index in [1.165, 1.54) is 6.08 Å². The van der Waals surface area contributed by atoms with Crippen LogP contribution < -0.4 is 0 Å². The quantitative estimate of drug-likeness (QED) is 0.487. The van der Waals surface area contributed by atoms with Gasteiger partial charge in [-0.3, -0.25) is 4.79 Å². The smallest absolute Gasteiger partial charge is 0.142 e. The minimum Gasteiger partial charge on any atom is -0.393 e. The van der Waals surface area contributed by atoms with Crippen molar-refractivity contribution in [1.82, 2.24) is 0 Å². The lowest BCUT2D eigenvalue weighted by Crippen LogP contribution is -2.10. The van der Waals surface area contributed by atoms with Gasteiger partial charge in [-0.2, -0.15) is 0 Å². The van der Waals surface area contributed by atoms with Crippen molar-refractivity contribution in [3.8, 4) is 0 Å². The molecule has 0 spiro atoms. The molecular weight excluding hydrogens is 164 g/mol. The molecule has 76 valence electrons. The Kier molecular flexibility index (Phi) is 7.60. The molecule has 0 heterocycles. The first-order valence-electron chi connectivity index (χ1n) is 4.99. The molecule has 1 N–H and O–H groups in total. The second-order valence-electron chi connectivity index (χ2n) is 3.58. The van der Waals surface area contributed by atoms with Crippen molar-refractivity contribution in [3.63, 3.8) is 0 Å². The molecule has 2 heteroatoms. The number of aliphatic hydroxyl groups is 1. The van der Waals surface area contributed by atoms with Crippen LogP contribution in [0.1, 0.15) is 39.5 Å². The summed E-state index contributed by atoms with van der Waals surface area (Å²) in [6, 6.07) is 0. The van der Waals surface area contributed by atoms with Crippen molar-refractivity contribution in [3.05, 3.63) is 12.2 Å². The third-order valence-electron chi connectivity index (χ3n) is 2.08. The number of carbonyl (C=O) groups is 1. The number of rotatable bonds is 7. The summed E-state index contributed by atoms with van der Waals surface area (Å²) in [5.74, 6) is 0.574. The predicted octanol–water partition coefficient (Wildman–Crippen LogP) is 2.32. The van der Waals surface area contributed by atoms with E-state index in [0.717, 1.165) is 25.5 Å². The first kappa shape index (κ1) is 12.4. The van der Waals surface area contributed by atoms with E-state index < -0.39 is 0 Å². The molecule has 2 nitrogen and oxygen atoms in total. The van der Waals surface area contributed by atoms with Gasteiger partial charge in [0.15, 0.2) is 0 Å². The maximum Gasteiger partial charge on any atom is 0.142 e. The van der Waals surface area contributed by atoms with Crippen LogP contribution in [0.5, 0.6) is 0 Å². The highest BCUT2D eigenvalue weighted by Crippen LogP contribution is 2.14. The number of aldehydes is 1. The highest BCUT2D eigenvalue weighted by Gasteiger charge is 2.07. The van der Waals surface area contributed by atoms with E-state index in [0.29, 0.717) is 12.3 Å². The Bertz CT molecular complexity index is 152. The Morgan fingerprint density at radius 1 is 1.46 bits per heavy atom. The summed E-state index contributed by atoms with van der Waals surface area (Å²) >= 11 is 0. The molecule has 2 unspecified atom stereocenters. The molecule has 0 saturated carbocycles. The number of hydrogen-bond donors (Lipinski definition) is 1. The molecule has 13 heavy (non-hydrogen) atoms. The normalized spacial score (nSPS) is 15.9. The minimum atomic E-state index is -0.294. The Balaban J connectivity index is 3.54. The van der Waals surface area contributed by atoms with Crippen LogP contribution in [-0.4, -0.2) is 17.5 Å². The van der Waals surface area contributed by atoms with Gasteiger partial charge in [-0.1, -0.05) is 32.8 Å². The van der Waals surface area contributed by atoms with Gasteiger partial charge in [0.1, 0.15) is 6.29 Å². The summed E-state index contributed by atoms with van der Waals surface area (Å²) in [6.45, 7) is 4.30. The fourth-order valence-electron chi connectivity index (χ4n) is 1.46. The number of aliphatic hydroxyl groups excluding tert-OH is 1. The lowest BCUT2D eigenvalue weighted by atomic mass is 9.97. The Morgan fingerprint density at radius 2 is 2.15 bits per heavy atom. The SMILES string of the molecule is CCCC(C)CC(O)C/C=C/C=O. The lowest BCUT2D eigenvalue weighted by molar-refractivity contribution is -0.104. The van der Waals surface area contributed by atoms with Gasteiger partial charge in [0.05, 0.1) is 6.10 Å². The van der Waals surface area contributed by atoms with Crippen molar-refractivity contribution in [2.24, 2.45) is 5.92 Å². The van der Waals surface area contributed by atoms with Crippen LogP contribution >= 0.6 is 0 Å². The minimum absolute atomic E-state index is 0.294. The number of allylic oxidation sites excluding steroid dienone is 1. The van der Waals surface area contributed by atoms with Crippen LogP contribution in [0.3, 0.4) is 0 Å².